The molecule has 0 aliphatic carbocycles. The fourth-order valence-corrected chi connectivity index (χ4v) is 1.10. The van der Waals surface area contributed by atoms with E-state index < -0.39 is 5.97 Å². The summed E-state index contributed by atoms with van der Waals surface area (Å²) in [6, 6.07) is 0. The van der Waals surface area contributed by atoms with Gasteiger partial charge in [0.1, 0.15) is 0 Å². The molecule has 1 aliphatic heterocycles. The van der Waals surface area contributed by atoms with Gasteiger partial charge in [-0.1, -0.05) is 0 Å². The van der Waals surface area contributed by atoms with Crippen molar-refractivity contribution in [2.75, 3.05) is 6.61 Å². The smallest absolute Gasteiger partial charge is 0.305 e. The third-order valence-corrected chi connectivity index (χ3v) is 1.70. The van der Waals surface area contributed by atoms with Crippen LogP contribution >= 0.6 is 0 Å². The first-order valence-electron chi connectivity index (χ1n) is 3.56. The molecule has 1 atom stereocenters. The normalized spacial score (nSPS) is 24.4. The number of aliphatic carboxylic acids is 1. The minimum absolute atomic E-state index is 0.0187. The van der Waals surface area contributed by atoms with Crippen molar-refractivity contribution >= 4 is 11.9 Å². The zero-order valence-corrected chi connectivity index (χ0v) is 6.08. The van der Waals surface area contributed by atoms with Crippen molar-refractivity contribution in [1.82, 2.24) is 0 Å². The molecule has 0 saturated carbocycles. The standard InChI is InChI=1S/C7H10O4/c8-6(9)3-5-1-2-7(10)11-4-5/h5H,1-4H2,(H,8,9). The molecule has 1 rings (SSSR count). The van der Waals surface area contributed by atoms with Gasteiger partial charge >= 0.3 is 11.9 Å². The zero-order valence-electron chi connectivity index (χ0n) is 6.08. The van der Waals surface area contributed by atoms with E-state index in [9.17, 15) is 9.59 Å². The van der Waals surface area contributed by atoms with Gasteiger partial charge in [0, 0.05) is 12.3 Å². The van der Waals surface area contributed by atoms with Gasteiger partial charge in [-0.25, -0.2) is 0 Å². The van der Waals surface area contributed by atoms with Crippen LogP contribution in [0.15, 0.2) is 0 Å². The Morgan fingerprint density at radius 3 is 2.91 bits per heavy atom. The zero-order chi connectivity index (χ0) is 8.27. The third kappa shape index (κ3) is 2.57. The molecule has 0 bridgehead atoms. The molecule has 1 aliphatic rings. The summed E-state index contributed by atoms with van der Waals surface area (Å²) in [6.07, 6.45) is 1.11. The van der Waals surface area contributed by atoms with Crippen molar-refractivity contribution in [1.29, 1.82) is 0 Å². The summed E-state index contributed by atoms with van der Waals surface area (Å²) < 4.78 is 4.69. The summed E-state index contributed by atoms with van der Waals surface area (Å²) in [4.78, 5) is 20.7. The predicted molar refractivity (Wildman–Crippen MR) is 35.9 cm³/mol. The molecule has 0 amide bonds. The van der Waals surface area contributed by atoms with Gasteiger partial charge in [-0.3, -0.25) is 9.59 Å². The van der Waals surface area contributed by atoms with Crippen molar-refractivity contribution < 1.29 is 19.4 Å². The molecular weight excluding hydrogens is 148 g/mol. The highest BCUT2D eigenvalue weighted by Crippen LogP contribution is 2.17. The molecular formula is C7H10O4. The summed E-state index contributed by atoms with van der Waals surface area (Å²) in [5.41, 5.74) is 0. The van der Waals surface area contributed by atoms with Gasteiger partial charge < -0.3 is 9.84 Å². The highest BCUT2D eigenvalue weighted by molar-refractivity contribution is 5.71. The first-order chi connectivity index (χ1) is 5.18. The third-order valence-electron chi connectivity index (χ3n) is 1.70. The Hall–Kier alpha value is -1.06. The van der Waals surface area contributed by atoms with Crippen LogP contribution in [0.1, 0.15) is 19.3 Å². The van der Waals surface area contributed by atoms with Gasteiger partial charge in [0.15, 0.2) is 0 Å². The van der Waals surface area contributed by atoms with E-state index in [2.05, 4.69) is 4.74 Å². The number of cyclic esters (lactones) is 1. The van der Waals surface area contributed by atoms with Gasteiger partial charge in [-0.15, -0.1) is 0 Å². The Kier molecular flexibility index (Phi) is 2.46. The quantitative estimate of drug-likeness (QED) is 0.591. The van der Waals surface area contributed by atoms with E-state index in [4.69, 9.17) is 5.11 Å². The molecule has 11 heavy (non-hydrogen) atoms. The van der Waals surface area contributed by atoms with Crippen molar-refractivity contribution in [3.8, 4) is 0 Å². The summed E-state index contributed by atoms with van der Waals surface area (Å²) in [6.45, 7) is 0.269. The molecule has 1 N–H and O–H groups in total. The van der Waals surface area contributed by atoms with Gasteiger partial charge in [-0.05, 0) is 6.42 Å². The number of rotatable bonds is 2. The minimum atomic E-state index is -0.826. The number of esters is 1. The van der Waals surface area contributed by atoms with Crippen LogP contribution in [-0.4, -0.2) is 23.7 Å². The number of hydrogen-bond acceptors (Lipinski definition) is 3. The van der Waals surface area contributed by atoms with E-state index in [1.807, 2.05) is 0 Å². The van der Waals surface area contributed by atoms with E-state index in [0.29, 0.717) is 12.8 Å². The van der Waals surface area contributed by atoms with Crippen molar-refractivity contribution in [3.05, 3.63) is 0 Å². The Bertz CT molecular complexity index is 165. The summed E-state index contributed by atoms with van der Waals surface area (Å²) in [7, 11) is 0. The SMILES string of the molecule is O=C(O)CC1CCC(=O)OC1. The number of carbonyl (C=O) groups is 2. The Morgan fingerprint density at radius 1 is 1.73 bits per heavy atom. The number of carbonyl (C=O) groups excluding carboxylic acids is 1. The van der Waals surface area contributed by atoms with Crippen molar-refractivity contribution in [3.63, 3.8) is 0 Å². The van der Waals surface area contributed by atoms with E-state index in [1.54, 1.807) is 0 Å². The van der Waals surface area contributed by atoms with Crippen molar-refractivity contribution in [2.45, 2.75) is 19.3 Å². The van der Waals surface area contributed by atoms with Crippen LogP contribution < -0.4 is 0 Å². The minimum Gasteiger partial charge on any atom is -0.481 e. The molecule has 0 aromatic rings. The highest BCUT2D eigenvalue weighted by atomic mass is 16.5. The second kappa shape index (κ2) is 3.37. The summed E-state index contributed by atoms with van der Waals surface area (Å²) in [5.74, 6) is -1.02. The van der Waals surface area contributed by atoms with Crippen LogP contribution in [0, 0.1) is 5.92 Å². The largest absolute Gasteiger partial charge is 0.481 e. The number of carboxylic acid groups (broad SMARTS) is 1. The lowest BCUT2D eigenvalue weighted by Gasteiger charge is -2.19. The maximum absolute atomic E-state index is 10.5. The maximum atomic E-state index is 10.5. The number of ether oxygens (including phenoxy) is 1. The molecule has 1 heterocycles. The highest BCUT2D eigenvalue weighted by Gasteiger charge is 2.21. The number of hydrogen-bond donors (Lipinski definition) is 1. The Labute approximate surface area is 64.2 Å². The molecule has 0 spiro atoms. The average molecular weight is 158 g/mol. The Morgan fingerprint density at radius 2 is 2.45 bits per heavy atom. The fraction of sp³-hybridized carbons (Fsp3) is 0.714. The van der Waals surface area contributed by atoms with E-state index in [1.165, 1.54) is 0 Å². The first kappa shape index (κ1) is 8.04. The molecule has 0 radical (unpaired) electrons. The second-order valence-electron chi connectivity index (χ2n) is 2.69. The van der Waals surface area contributed by atoms with E-state index in [0.717, 1.165) is 0 Å². The first-order valence-corrected chi connectivity index (χ1v) is 3.56. The van der Waals surface area contributed by atoms with Crippen LogP contribution in [-0.2, 0) is 14.3 Å². The molecule has 62 valence electrons. The average Bonchev–Trinajstić information content (AvgIpc) is 1.93. The van der Waals surface area contributed by atoms with Gasteiger partial charge in [0.05, 0.1) is 13.0 Å². The molecule has 0 aromatic heterocycles. The summed E-state index contributed by atoms with van der Waals surface area (Å²) >= 11 is 0. The second-order valence-corrected chi connectivity index (χ2v) is 2.69. The van der Waals surface area contributed by atoms with Crippen LogP contribution in [0.3, 0.4) is 0 Å². The lowest BCUT2D eigenvalue weighted by Crippen LogP contribution is -2.23. The maximum Gasteiger partial charge on any atom is 0.305 e. The van der Waals surface area contributed by atoms with E-state index >= 15 is 0 Å². The number of carboxylic acids is 1. The molecule has 1 fully saturated rings. The Balaban J connectivity index is 2.28. The van der Waals surface area contributed by atoms with E-state index in [-0.39, 0.29) is 24.9 Å². The van der Waals surface area contributed by atoms with Gasteiger partial charge in [0.25, 0.3) is 0 Å². The monoisotopic (exact) mass is 158 g/mol. The van der Waals surface area contributed by atoms with Crippen molar-refractivity contribution in [2.24, 2.45) is 5.92 Å². The lowest BCUT2D eigenvalue weighted by molar-refractivity contribution is -0.152. The van der Waals surface area contributed by atoms with Gasteiger partial charge in [0.2, 0.25) is 0 Å². The van der Waals surface area contributed by atoms with Crippen LogP contribution in [0.25, 0.3) is 0 Å². The van der Waals surface area contributed by atoms with Gasteiger partial charge in [-0.2, -0.15) is 0 Å². The predicted octanol–water partition coefficient (Wildman–Crippen LogP) is 0.414. The molecule has 1 unspecified atom stereocenters. The molecule has 4 nitrogen and oxygen atoms in total. The molecule has 0 aromatic carbocycles. The topological polar surface area (TPSA) is 63.6 Å². The summed E-state index contributed by atoms with van der Waals surface area (Å²) in [5, 5.41) is 8.39. The lowest BCUT2D eigenvalue weighted by atomic mass is 9.99. The molecule has 1 saturated heterocycles. The van der Waals surface area contributed by atoms with Crippen LogP contribution in [0.2, 0.25) is 0 Å². The van der Waals surface area contributed by atoms with Crippen LogP contribution in [0.5, 0.6) is 0 Å². The fourth-order valence-electron chi connectivity index (χ4n) is 1.10. The molecule has 4 heteroatoms. The van der Waals surface area contributed by atoms with Crippen LogP contribution in [0.4, 0.5) is 0 Å².